The number of halogens is 2. The third-order valence-electron chi connectivity index (χ3n) is 4.49. The average molecular weight is 338 g/mol. The number of aromatic nitrogens is 3. The van der Waals surface area contributed by atoms with Gasteiger partial charge in [0.15, 0.2) is 5.65 Å². The lowest BCUT2D eigenvalue weighted by Crippen LogP contribution is -2.43. The van der Waals surface area contributed by atoms with Crippen LogP contribution in [0, 0.1) is 5.41 Å². The second kappa shape index (κ2) is 5.65. The van der Waals surface area contributed by atoms with E-state index in [2.05, 4.69) is 10.3 Å². The molecule has 3 rings (SSSR count). The molecule has 0 spiro atoms. The van der Waals surface area contributed by atoms with E-state index in [9.17, 15) is 13.6 Å². The summed E-state index contributed by atoms with van der Waals surface area (Å²) in [5.74, 6) is -3.74. The maximum Gasteiger partial charge on any atom is 0.330 e. The lowest BCUT2D eigenvalue weighted by molar-refractivity contribution is -0.0490. The zero-order chi connectivity index (χ0) is 17.7. The molecule has 0 saturated carbocycles. The van der Waals surface area contributed by atoms with Crippen molar-refractivity contribution in [3.8, 4) is 0 Å². The van der Waals surface area contributed by atoms with Gasteiger partial charge < -0.3 is 5.32 Å². The highest BCUT2D eigenvalue weighted by atomic mass is 19.3. The summed E-state index contributed by atoms with van der Waals surface area (Å²) in [7, 11) is 1.64. The quantitative estimate of drug-likeness (QED) is 0.915. The van der Waals surface area contributed by atoms with Crippen molar-refractivity contribution in [1.82, 2.24) is 19.4 Å². The van der Waals surface area contributed by atoms with E-state index in [4.69, 9.17) is 0 Å². The van der Waals surface area contributed by atoms with Gasteiger partial charge in [0.1, 0.15) is 0 Å². The Morgan fingerprint density at radius 2 is 2.08 bits per heavy atom. The molecule has 132 valence electrons. The summed E-state index contributed by atoms with van der Waals surface area (Å²) in [6, 6.07) is 3.38. The Balaban J connectivity index is 2.10. The number of nitrogens with zero attached hydrogens (tertiary/aromatic N) is 3. The van der Waals surface area contributed by atoms with E-state index in [1.54, 1.807) is 23.7 Å². The maximum absolute atomic E-state index is 14.2. The van der Waals surface area contributed by atoms with Gasteiger partial charge in [0.05, 0.1) is 17.1 Å². The second-order valence-electron chi connectivity index (χ2n) is 7.83. The fraction of sp³-hybridized carbons (Fsp3) is 0.647. The fourth-order valence-electron chi connectivity index (χ4n) is 3.26. The van der Waals surface area contributed by atoms with Crippen LogP contribution in [0.5, 0.6) is 0 Å². The molecule has 3 heterocycles. The minimum absolute atomic E-state index is 0.0723. The van der Waals surface area contributed by atoms with Crippen LogP contribution in [0.4, 0.5) is 8.78 Å². The van der Waals surface area contributed by atoms with Crippen molar-refractivity contribution in [2.45, 2.75) is 45.6 Å². The number of piperidine rings is 1. The first kappa shape index (κ1) is 17.1. The van der Waals surface area contributed by atoms with E-state index in [0.717, 1.165) is 0 Å². The van der Waals surface area contributed by atoms with Crippen LogP contribution in [0.25, 0.3) is 11.2 Å². The summed E-state index contributed by atoms with van der Waals surface area (Å²) in [6.07, 6.45) is -0.193. The van der Waals surface area contributed by atoms with Crippen LogP contribution in [0.15, 0.2) is 16.9 Å². The molecule has 1 N–H and O–H groups in total. The first-order valence-corrected chi connectivity index (χ1v) is 8.25. The van der Waals surface area contributed by atoms with Crippen molar-refractivity contribution in [2.75, 3.05) is 13.1 Å². The number of hydrogen-bond acceptors (Lipinski definition) is 3. The van der Waals surface area contributed by atoms with Gasteiger partial charge in [-0.2, -0.15) is 0 Å². The Morgan fingerprint density at radius 3 is 2.71 bits per heavy atom. The minimum atomic E-state index is -2.78. The van der Waals surface area contributed by atoms with Gasteiger partial charge >= 0.3 is 5.69 Å². The number of alkyl halides is 2. The zero-order valence-electron chi connectivity index (χ0n) is 14.6. The smallest absolute Gasteiger partial charge is 0.316 e. The van der Waals surface area contributed by atoms with Crippen molar-refractivity contribution in [1.29, 1.82) is 0 Å². The molecule has 0 aliphatic carbocycles. The Labute approximate surface area is 139 Å². The van der Waals surface area contributed by atoms with E-state index in [-0.39, 0.29) is 24.1 Å². The Hall–Kier alpha value is -1.76. The molecule has 1 aliphatic heterocycles. The van der Waals surface area contributed by atoms with Crippen LogP contribution in [0.3, 0.4) is 0 Å². The van der Waals surface area contributed by atoms with Gasteiger partial charge in [0.2, 0.25) is 0 Å². The molecule has 0 bridgehead atoms. The molecule has 2 aromatic heterocycles. The highest BCUT2D eigenvalue weighted by Gasteiger charge is 2.43. The summed E-state index contributed by atoms with van der Waals surface area (Å²) in [6.45, 7) is 7.21. The van der Waals surface area contributed by atoms with Gasteiger partial charge in [-0.05, 0) is 17.5 Å². The number of imidazole rings is 1. The highest BCUT2D eigenvalue weighted by Crippen LogP contribution is 2.37. The number of fused-ring (bicyclic) bond motifs is 1. The van der Waals surface area contributed by atoms with Crippen LogP contribution in [-0.2, 0) is 13.6 Å². The number of hydrogen-bond donors (Lipinski definition) is 1. The van der Waals surface area contributed by atoms with Gasteiger partial charge in [-0.1, -0.05) is 20.8 Å². The van der Waals surface area contributed by atoms with Gasteiger partial charge in [-0.25, -0.2) is 18.6 Å². The predicted octanol–water partition coefficient (Wildman–Crippen LogP) is 2.49. The van der Waals surface area contributed by atoms with E-state index >= 15 is 0 Å². The van der Waals surface area contributed by atoms with Crippen LogP contribution in [-0.4, -0.2) is 33.1 Å². The van der Waals surface area contributed by atoms with Gasteiger partial charge in [-0.15, -0.1) is 0 Å². The van der Waals surface area contributed by atoms with Crippen LogP contribution in [0.1, 0.15) is 38.8 Å². The van der Waals surface area contributed by atoms with E-state index in [0.29, 0.717) is 29.9 Å². The van der Waals surface area contributed by atoms with E-state index in [1.165, 1.54) is 4.57 Å². The van der Waals surface area contributed by atoms with Crippen LogP contribution >= 0.6 is 0 Å². The topological polar surface area (TPSA) is 51.9 Å². The lowest BCUT2D eigenvalue weighted by Gasteiger charge is -2.31. The molecule has 7 heteroatoms. The van der Waals surface area contributed by atoms with Crippen LogP contribution < -0.4 is 11.0 Å². The molecular formula is C17H24F2N4O. The monoisotopic (exact) mass is 338 g/mol. The molecular weight excluding hydrogens is 314 g/mol. The number of aryl methyl sites for hydroxylation is 1. The molecule has 24 heavy (non-hydrogen) atoms. The summed E-state index contributed by atoms with van der Waals surface area (Å²) >= 11 is 0. The molecule has 1 atom stereocenters. The average Bonchev–Trinajstić information content (AvgIpc) is 2.70. The van der Waals surface area contributed by atoms with E-state index in [1.807, 2.05) is 20.8 Å². The van der Waals surface area contributed by atoms with Crippen molar-refractivity contribution in [3.63, 3.8) is 0 Å². The molecule has 1 aliphatic rings. The highest BCUT2D eigenvalue weighted by molar-refractivity contribution is 5.72. The molecule has 0 radical (unpaired) electrons. The Morgan fingerprint density at radius 1 is 1.38 bits per heavy atom. The fourth-order valence-corrected chi connectivity index (χ4v) is 3.26. The zero-order valence-corrected chi connectivity index (χ0v) is 14.6. The van der Waals surface area contributed by atoms with Crippen molar-refractivity contribution < 1.29 is 8.78 Å². The summed E-state index contributed by atoms with van der Waals surface area (Å²) in [5, 5.41) is 3.01. The third-order valence-corrected chi connectivity index (χ3v) is 4.49. The summed E-state index contributed by atoms with van der Waals surface area (Å²) in [4.78, 5) is 16.9. The standard InChI is InChI=1S/C17H24F2N4O/c1-16(2,3)10-23-13-6-5-12(21-14(13)22(4)15(23)24)11-9-20-8-7-17(11,18)19/h5-6,11,20H,7-10H2,1-4H3. The summed E-state index contributed by atoms with van der Waals surface area (Å²) < 4.78 is 31.5. The molecule has 1 saturated heterocycles. The third kappa shape index (κ3) is 2.97. The number of pyridine rings is 1. The largest absolute Gasteiger partial charge is 0.330 e. The molecule has 1 unspecified atom stereocenters. The minimum Gasteiger partial charge on any atom is -0.316 e. The molecule has 0 aromatic carbocycles. The van der Waals surface area contributed by atoms with E-state index < -0.39 is 11.8 Å². The Bertz CT molecular complexity index is 816. The maximum atomic E-state index is 14.2. The summed E-state index contributed by atoms with van der Waals surface area (Å²) in [5.41, 5.74) is 1.24. The lowest BCUT2D eigenvalue weighted by atomic mass is 9.91. The first-order valence-electron chi connectivity index (χ1n) is 8.25. The SMILES string of the molecule is Cn1c(=O)n(CC(C)(C)C)c2ccc(C3CNCCC3(F)F)nc21. The van der Waals surface area contributed by atoms with Gasteiger partial charge in [-0.3, -0.25) is 9.13 Å². The predicted molar refractivity (Wildman–Crippen MR) is 89.6 cm³/mol. The van der Waals surface area contributed by atoms with Crippen molar-refractivity contribution >= 4 is 11.2 Å². The van der Waals surface area contributed by atoms with Gasteiger partial charge in [0, 0.05) is 33.1 Å². The number of nitrogens with one attached hydrogen (secondary N) is 1. The number of rotatable bonds is 2. The molecule has 0 amide bonds. The van der Waals surface area contributed by atoms with Crippen molar-refractivity contribution in [2.24, 2.45) is 12.5 Å². The second-order valence-corrected chi connectivity index (χ2v) is 7.83. The van der Waals surface area contributed by atoms with Gasteiger partial charge in [0.25, 0.3) is 5.92 Å². The molecule has 5 nitrogen and oxygen atoms in total. The molecule has 1 fully saturated rings. The Kier molecular flexibility index (Phi) is 4.02. The molecule has 2 aromatic rings. The first-order chi connectivity index (χ1) is 11.1. The van der Waals surface area contributed by atoms with Crippen LogP contribution in [0.2, 0.25) is 0 Å². The normalized spacial score (nSPS) is 21.3. The van der Waals surface area contributed by atoms with Crippen molar-refractivity contribution in [3.05, 3.63) is 28.3 Å².